The van der Waals surface area contributed by atoms with Crippen molar-refractivity contribution in [1.82, 2.24) is 9.71 Å². The van der Waals surface area contributed by atoms with Crippen LogP contribution in [0.1, 0.15) is 45.3 Å². The lowest BCUT2D eigenvalue weighted by Crippen LogP contribution is -2.31. The van der Waals surface area contributed by atoms with Crippen LogP contribution in [-0.2, 0) is 13.0 Å². The van der Waals surface area contributed by atoms with Crippen molar-refractivity contribution in [2.24, 2.45) is 0 Å². The number of amides is 1. The largest absolute Gasteiger partial charge is 0.302 e. The zero-order chi connectivity index (χ0) is 25.9. The summed E-state index contributed by atoms with van der Waals surface area (Å²) in [7, 11) is 0. The van der Waals surface area contributed by atoms with Gasteiger partial charge in [-0.15, -0.1) is 0 Å². The van der Waals surface area contributed by atoms with E-state index >= 15 is 0 Å². The SMILES string of the molecule is Cc1cccc(CN(C(=O)c2cccc(Cl)c2)c2ccc3c(c2)C(NSc2ccc(F)cc2F)CC3)n1. The highest BCUT2D eigenvalue weighted by Crippen LogP contribution is 2.37. The standard InChI is InChI=1S/C29H24ClF2N3OS/c1-18-4-2-7-23(33-18)17-35(29(36)20-5-3-6-21(30)14-20)24-11-8-19-9-12-27(25(19)16-24)34-37-28-13-10-22(31)15-26(28)32/h2-8,10-11,13-16,27,34H,9,12,17H2,1H3. The Morgan fingerprint density at radius 1 is 1.08 bits per heavy atom. The minimum atomic E-state index is -0.606. The van der Waals surface area contributed by atoms with Gasteiger partial charge < -0.3 is 4.90 Å². The fourth-order valence-electron chi connectivity index (χ4n) is 4.48. The number of hydrogen-bond donors (Lipinski definition) is 1. The number of hydrogen-bond acceptors (Lipinski definition) is 4. The van der Waals surface area contributed by atoms with Crippen LogP contribution >= 0.6 is 23.5 Å². The number of halogens is 3. The molecule has 1 atom stereocenters. The molecule has 1 N–H and O–H groups in total. The molecule has 1 unspecified atom stereocenters. The minimum absolute atomic E-state index is 0.0513. The molecule has 3 aromatic carbocycles. The van der Waals surface area contributed by atoms with E-state index in [0.29, 0.717) is 22.0 Å². The van der Waals surface area contributed by atoms with Gasteiger partial charge in [-0.1, -0.05) is 29.8 Å². The smallest absolute Gasteiger partial charge is 0.258 e. The van der Waals surface area contributed by atoms with Crippen molar-refractivity contribution in [3.63, 3.8) is 0 Å². The van der Waals surface area contributed by atoms with Crippen molar-refractivity contribution in [2.45, 2.75) is 37.2 Å². The molecule has 1 aliphatic rings. The molecule has 5 rings (SSSR count). The van der Waals surface area contributed by atoms with Gasteiger partial charge in [0.25, 0.3) is 5.91 Å². The number of rotatable bonds is 7. The highest BCUT2D eigenvalue weighted by Gasteiger charge is 2.26. The topological polar surface area (TPSA) is 45.2 Å². The predicted molar refractivity (Wildman–Crippen MR) is 144 cm³/mol. The van der Waals surface area contributed by atoms with Crippen LogP contribution in [0, 0.1) is 18.6 Å². The molecule has 0 saturated heterocycles. The summed E-state index contributed by atoms with van der Waals surface area (Å²) in [5, 5.41) is 0.489. The van der Waals surface area contributed by atoms with Crippen molar-refractivity contribution in [1.29, 1.82) is 0 Å². The van der Waals surface area contributed by atoms with Gasteiger partial charge >= 0.3 is 0 Å². The molecule has 0 bridgehead atoms. The van der Waals surface area contributed by atoms with Crippen LogP contribution in [0.3, 0.4) is 0 Å². The average Bonchev–Trinajstić information content (AvgIpc) is 3.28. The van der Waals surface area contributed by atoms with E-state index in [2.05, 4.69) is 9.71 Å². The lowest BCUT2D eigenvalue weighted by atomic mass is 10.1. The molecule has 0 spiro atoms. The van der Waals surface area contributed by atoms with Crippen LogP contribution < -0.4 is 9.62 Å². The van der Waals surface area contributed by atoms with E-state index in [1.54, 1.807) is 29.2 Å². The molecule has 4 nitrogen and oxygen atoms in total. The number of fused-ring (bicyclic) bond motifs is 1. The normalized spacial score (nSPS) is 14.4. The first kappa shape index (κ1) is 25.4. The number of aryl methyl sites for hydroxylation is 2. The minimum Gasteiger partial charge on any atom is -0.302 e. The van der Waals surface area contributed by atoms with Gasteiger partial charge in [0.1, 0.15) is 11.6 Å². The van der Waals surface area contributed by atoms with E-state index < -0.39 is 11.6 Å². The molecule has 0 saturated carbocycles. The zero-order valence-corrected chi connectivity index (χ0v) is 21.6. The van der Waals surface area contributed by atoms with E-state index in [1.165, 1.54) is 17.7 Å². The van der Waals surface area contributed by atoms with Crippen molar-refractivity contribution in [3.05, 3.63) is 124 Å². The Hall–Kier alpha value is -3.26. The molecule has 1 heterocycles. The number of pyridine rings is 1. The molecule has 37 heavy (non-hydrogen) atoms. The zero-order valence-electron chi connectivity index (χ0n) is 20.0. The quantitative estimate of drug-likeness (QED) is 0.250. The van der Waals surface area contributed by atoms with Gasteiger partial charge in [0.15, 0.2) is 0 Å². The summed E-state index contributed by atoms with van der Waals surface area (Å²) in [6, 6.07) is 22.1. The maximum Gasteiger partial charge on any atom is 0.258 e. The molecule has 4 aromatic rings. The molecule has 188 valence electrons. The summed E-state index contributed by atoms with van der Waals surface area (Å²) in [5.41, 5.74) is 5.08. The fraction of sp³-hybridized carbons (Fsp3) is 0.172. The molecule has 0 radical (unpaired) electrons. The first-order valence-corrected chi connectivity index (χ1v) is 13.1. The third kappa shape index (κ3) is 5.85. The molecule has 0 fully saturated rings. The Labute approximate surface area is 223 Å². The molecule has 1 aliphatic carbocycles. The summed E-state index contributed by atoms with van der Waals surface area (Å²) < 4.78 is 30.8. The highest BCUT2D eigenvalue weighted by molar-refractivity contribution is 7.97. The van der Waals surface area contributed by atoms with E-state index in [9.17, 15) is 13.6 Å². The second-order valence-electron chi connectivity index (χ2n) is 8.94. The van der Waals surface area contributed by atoms with E-state index in [4.69, 9.17) is 11.6 Å². The summed E-state index contributed by atoms with van der Waals surface area (Å²) in [5.74, 6) is -1.39. The van der Waals surface area contributed by atoms with Gasteiger partial charge in [0.2, 0.25) is 0 Å². The Morgan fingerprint density at radius 3 is 2.70 bits per heavy atom. The molecular weight excluding hydrogens is 512 g/mol. The Bertz CT molecular complexity index is 1470. The third-order valence-corrected chi connectivity index (χ3v) is 7.50. The van der Waals surface area contributed by atoms with Gasteiger partial charge in [0, 0.05) is 34.1 Å². The lowest BCUT2D eigenvalue weighted by Gasteiger charge is -2.24. The highest BCUT2D eigenvalue weighted by atomic mass is 35.5. The number of nitrogens with zero attached hydrogens (tertiary/aromatic N) is 2. The summed E-state index contributed by atoms with van der Waals surface area (Å²) >= 11 is 7.32. The molecule has 8 heteroatoms. The van der Waals surface area contributed by atoms with E-state index in [1.807, 2.05) is 43.3 Å². The van der Waals surface area contributed by atoms with Crippen LogP contribution in [0.15, 0.2) is 83.8 Å². The van der Waals surface area contributed by atoms with Crippen molar-refractivity contribution in [2.75, 3.05) is 4.90 Å². The Morgan fingerprint density at radius 2 is 1.92 bits per heavy atom. The number of aromatic nitrogens is 1. The van der Waals surface area contributed by atoms with Gasteiger partial charge in [-0.25, -0.2) is 8.78 Å². The van der Waals surface area contributed by atoms with Crippen molar-refractivity contribution in [3.8, 4) is 0 Å². The van der Waals surface area contributed by atoms with Gasteiger partial charge in [-0.2, -0.15) is 0 Å². The average molecular weight is 536 g/mol. The van der Waals surface area contributed by atoms with Crippen LogP contribution in [0.2, 0.25) is 5.02 Å². The monoisotopic (exact) mass is 535 g/mol. The van der Waals surface area contributed by atoms with Crippen LogP contribution in [0.25, 0.3) is 0 Å². The molecular formula is C29H24ClF2N3OS. The molecule has 1 amide bonds. The van der Waals surface area contributed by atoms with Crippen LogP contribution in [0.5, 0.6) is 0 Å². The molecule has 1 aromatic heterocycles. The summed E-state index contributed by atoms with van der Waals surface area (Å²) in [4.78, 5) is 20.3. The number of carbonyl (C=O) groups excluding carboxylic acids is 1. The lowest BCUT2D eigenvalue weighted by molar-refractivity contribution is 0.0984. The number of carbonyl (C=O) groups is 1. The number of nitrogens with one attached hydrogen (secondary N) is 1. The van der Waals surface area contributed by atoms with Gasteiger partial charge in [-0.3, -0.25) is 14.5 Å². The van der Waals surface area contributed by atoms with E-state index in [0.717, 1.165) is 53.5 Å². The number of anilines is 1. The fourth-order valence-corrected chi connectivity index (χ4v) is 5.48. The number of benzene rings is 3. The van der Waals surface area contributed by atoms with E-state index in [-0.39, 0.29) is 11.9 Å². The van der Waals surface area contributed by atoms with Gasteiger partial charge in [-0.05, 0) is 97.4 Å². The molecule has 0 aliphatic heterocycles. The summed E-state index contributed by atoms with van der Waals surface area (Å²) in [6.45, 7) is 2.21. The second kappa shape index (κ2) is 11.0. The maximum absolute atomic E-state index is 14.1. The van der Waals surface area contributed by atoms with Crippen molar-refractivity contribution < 1.29 is 13.6 Å². The second-order valence-corrected chi connectivity index (χ2v) is 10.3. The van der Waals surface area contributed by atoms with Crippen LogP contribution in [-0.4, -0.2) is 10.9 Å². The maximum atomic E-state index is 14.1. The third-order valence-electron chi connectivity index (χ3n) is 6.31. The summed E-state index contributed by atoms with van der Waals surface area (Å²) in [6.07, 6.45) is 1.69. The van der Waals surface area contributed by atoms with Crippen molar-refractivity contribution >= 4 is 35.1 Å². The first-order valence-electron chi connectivity index (χ1n) is 11.9. The first-order chi connectivity index (χ1) is 17.9. The van der Waals surface area contributed by atoms with Crippen LogP contribution in [0.4, 0.5) is 14.5 Å². The van der Waals surface area contributed by atoms with Gasteiger partial charge in [0.05, 0.1) is 17.1 Å². The Balaban J connectivity index is 1.45. The predicted octanol–water partition coefficient (Wildman–Crippen LogP) is 7.45. The Kier molecular flexibility index (Phi) is 7.55.